The van der Waals surface area contributed by atoms with Gasteiger partial charge in [0.1, 0.15) is 11.5 Å². The molecule has 5 aromatic rings. The van der Waals surface area contributed by atoms with Crippen molar-refractivity contribution in [2.24, 2.45) is 0 Å². The summed E-state index contributed by atoms with van der Waals surface area (Å²) in [5, 5.41) is 4.32. The molecule has 5 nitrogen and oxygen atoms in total. The van der Waals surface area contributed by atoms with Gasteiger partial charge in [-0.05, 0) is 78.6 Å². The number of H-pyrrole nitrogens is 1. The van der Waals surface area contributed by atoms with Crippen LogP contribution in [0.25, 0.3) is 16.7 Å². The molecule has 0 unspecified atom stereocenters. The summed E-state index contributed by atoms with van der Waals surface area (Å²) in [5.41, 5.74) is 7.90. The number of imidazole rings is 2. The molecule has 0 bridgehead atoms. The lowest BCUT2D eigenvalue weighted by Gasteiger charge is -2.03. The number of hydrogen-bond donors (Lipinski definition) is 2. The Hall–Kier alpha value is -3.31. The van der Waals surface area contributed by atoms with E-state index in [2.05, 4.69) is 69.6 Å². The van der Waals surface area contributed by atoms with Crippen LogP contribution in [0.3, 0.4) is 0 Å². The highest BCUT2D eigenvalue weighted by molar-refractivity contribution is 6.30. The predicted molar refractivity (Wildman–Crippen MR) is 132 cm³/mol. The third kappa shape index (κ3) is 3.66. The van der Waals surface area contributed by atoms with Crippen LogP contribution in [0.1, 0.15) is 59.7 Å². The van der Waals surface area contributed by atoms with E-state index < -0.39 is 0 Å². The van der Waals surface area contributed by atoms with Gasteiger partial charge in [0.15, 0.2) is 0 Å². The number of aromatic nitrogens is 4. The zero-order valence-electron chi connectivity index (χ0n) is 18.1. The van der Waals surface area contributed by atoms with Gasteiger partial charge in [0.25, 0.3) is 0 Å². The average Bonchev–Trinajstić information content (AvgIpc) is 3.74. The number of nitrogens with zero attached hydrogens (tertiary/aromatic N) is 3. The summed E-state index contributed by atoms with van der Waals surface area (Å²) in [6, 6.07) is 18.9. The summed E-state index contributed by atoms with van der Waals surface area (Å²) in [6.07, 6.45) is 8.10. The van der Waals surface area contributed by atoms with E-state index >= 15 is 0 Å². The number of fused-ring (bicyclic) bond motifs is 2. The zero-order chi connectivity index (χ0) is 21.9. The number of rotatable bonds is 6. The van der Waals surface area contributed by atoms with Crippen LogP contribution in [0, 0.1) is 0 Å². The molecular weight excluding hydrogens is 430 g/mol. The Kier molecular flexibility index (Phi) is 4.28. The van der Waals surface area contributed by atoms with Crippen LogP contribution in [0.4, 0.5) is 5.69 Å². The first-order valence-corrected chi connectivity index (χ1v) is 12.0. The fraction of sp³-hybridized carbons (Fsp3) is 0.259. The third-order valence-corrected chi connectivity index (χ3v) is 7.20. The average molecular weight is 454 g/mol. The highest BCUT2D eigenvalue weighted by Gasteiger charge is 2.41. The monoisotopic (exact) mass is 453 g/mol. The van der Waals surface area contributed by atoms with Crippen molar-refractivity contribution < 1.29 is 0 Å². The van der Waals surface area contributed by atoms with Gasteiger partial charge in [-0.1, -0.05) is 29.8 Å². The maximum Gasteiger partial charge on any atom is 0.137 e. The lowest BCUT2D eigenvalue weighted by molar-refractivity contribution is 0.938. The molecule has 0 amide bonds. The number of aromatic amines is 1. The van der Waals surface area contributed by atoms with E-state index in [1.807, 2.05) is 12.1 Å². The zero-order valence-corrected chi connectivity index (χ0v) is 18.9. The van der Waals surface area contributed by atoms with Gasteiger partial charge in [0.2, 0.25) is 0 Å². The SMILES string of the molecule is Clc1cccc([C@H]2C[C@@H]2c2nc3ccc(NCc4cn5cc(C6CC6)ccc5n4)cc3[nH]2)c1. The second-order valence-electron chi connectivity index (χ2n) is 9.45. The van der Waals surface area contributed by atoms with Crippen molar-refractivity contribution in [1.82, 2.24) is 19.4 Å². The highest BCUT2D eigenvalue weighted by Crippen LogP contribution is 2.54. The molecule has 2 atom stereocenters. The van der Waals surface area contributed by atoms with Gasteiger partial charge in [-0.15, -0.1) is 0 Å². The lowest BCUT2D eigenvalue weighted by atomic mass is 10.1. The minimum atomic E-state index is 0.436. The second-order valence-corrected chi connectivity index (χ2v) is 9.88. The summed E-state index contributed by atoms with van der Waals surface area (Å²) < 4.78 is 2.15. The largest absolute Gasteiger partial charge is 0.379 e. The van der Waals surface area contributed by atoms with Crippen molar-refractivity contribution in [2.45, 2.75) is 43.6 Å². The van der Waals surface area contributed by atoms with Crippen molar-refractivity contribution >= 4 is 34.0 Å². The summed E-state index contributed by atoms with van der Waals surface area (Å²) in [6.45, 7) is 0.687. The molecular formula is C27H24ClN5. The number of halogens is 1. The molecule has 0 saturated heterocycles. The molecule has 6 heteroatoms. The minimum Gasteiger partial charge on any atom is -0.379 e. The van der Waals surface area contributed by atoms with E-state index in [1.165, 1.54) is 24.0 Å². The van der Waals surface area contributed by atoms with Crippen LogP contribution in [-0.2, 0) is 6.54 Å². The van der Waals surface area contributed by atoms with Crippen LogP contribution in [0.15, 0.2) is 67.0 Å². The van der Waals surface area contributed by atoms with Gasteiger partial charge in [0.05, 0.1) is 23.3 Å². The Labute approximate surface area is 196 Å². The number of benzene rings is 2. The number of anilines is 1. The second kappa shape index (κ2) is 7.35. The van der Waals surface area contributed by atoms with Gasteiger partial charge in [-0.2, -0.15) is 0 Å². The Morgan fingerprint density at radius 1 is 0.970 bits per heavy atom. The van der Waals surface area contributed by atoms with E-state index in [9.17, 15) is 0 Å². The molecule has 2 fully saturated rings. The smallest absolute Gasteiger partial charge is 0.137 e. The third-order valence-electron chi connectivity index (χ3n) is 6.96. The molecule has 7 rings (SSSR count). The number of nitrogens with one attached hydrogen (secondary N) is 2. The van der Waals surface area contributed by atoms with E-state index in [4.69, 9.17) is 21.6 Å². The van der Waals surface area contributed by atoms with Crippen molar-refractivity contribution in [3.05, 3.63) is 94.7 Å². The molecule has 33 heavy (non-hydrogen) atoms. The van der Waals surface area contributed by atoms with Crippen molar-refractivity contribution in [3.8, 4) is 0 Å². The highest BCUT2D eigenvalue weighted by atomic mass is 35.5. The van der Waals surface area contributed by atoms with E-state index in [-0.39, 0.29) is 0 Å². The first-order chi connectivity index (χ1) is 16.2. The van der Waals surface area contributed by atoms with Crippen molar-refractivity contribution in [3.63, 3.8) is 0 Å². The Bertz CT molecular complexity index is 1500. The molecule has 164 valence electrons. The Balaban J connectivity index is 1.06. The fourth-order valence-electron chi connectivity index (χ4n) is 4.92. The maximum absolute atomic E-state index is 6.17. The molecule has 3 aromatic heterocycles. The summed E-state index contributed by atoms with van der Waals surface area (Å²) in [5.74, 6) is 2.75. The van der Waals surface area contributed by atoms with Crippen molar-refractivity contribution in [1.29, 1.82) is 0 Å². The maximum atomic E-state index is 6.17. The fourth-order valence-corrected chi connectivity index (χ4v) is 5.11. The molecule has 2 aliphatic carbocycles. The topological polar surface area (TPSA) is 58.0 Å². The molecule has 0 radical (unpaired) electrons. The van der Waals surface area contributed by atoms with Crippen molar-refractivity contribution in [2.75, 3.05) is 5.32 Å². The van der Waals surface area contributed by atoms with Gasteiger partial charge in [0, 0.05) is 29.0 Å². The molecule has 0 aliphatic heterocycles. The molecule has 2 aliphatic rings. The standard InChI is InChI=1S/C27H24ClN5/c28-19-3-1-2-17(10-19)22-12-23(22)27-31-24-8-7-20(11-25(24)32-27)29-13-21-15-33-14-18(16-4-5-16)6-9-26(33)30-21/h1-3,6-11,14-16,22-23,29H,4-5,12-13H2,(H,31,32)/t22-,23+/m1/s1. The quantitative estimate of drug-likeness (QED) is 0.303. The van der Waals surface area contributed by atoms with Crippen LogP contribution in [0.5, 0.6) is 0 Å². The van der Waals surface area contributed by atoms with E-state index in [0.717, 1.165) is 51.2 Å². The van der Waals surface area contributed by atoms with E-state index in [1.54, 1.807) is 0 Å². The molecule has 3 heterocycles. The van der Waals surface area contributed by atoms with Gasteiger partial charge in [-0.25, -0.2) is 9.97 Å². The normalized spacial score (nSPS) is 19.9. The molecule has 0 spiro atoms. The van der Waals surface area contributed by atoms with Crippen LogP contribution in [-0.4, -0.2) is 19.4 Å². The summed E-state index contributed by atoms with van der Waals surface area (Å²) in [4.78, 5) is 13.2. The van der Waals surface area contributed by atoms with Gasteiger partial charge < -0.3 is 14.7 Å². The minimum absolute atomic E-state index is 0.436. The Morgan fingerprint density at radius 2 is 1.91 bits per heavy atom. The van der Waals surface area contributed by atoms with Crippen LogP contribution < -0.4 is 5.32 Å². The predicted octanol–water partition coefficient (Wildman–Crippen LogP) is 6.62. The van der Waals surface area contributed by atoms with Crippen LogP contribution >= 0.6 is 11.6 Å². The molecule has 2 aromatic carbocycles. The summed E-state index contributed by atoms with van der Waals surface area (Å²) in [7, 11) is 0. The first kappa shape index (κ1) is 19.2. The van der Waals surface area contributed by atoms with E-state index in [0.29, 0.717) is 18.4 Å². The lowest BCUT2D eigenvalue weighted by Crippen LogP contribution is -1.99. The Morgan fingerprint density at radius 3 is 2.79 bits per heavy atom. The van der Waals surface area contributed by atoms with Crippen LogP contribution in [0.2, 0.25) is 5.02 Å². The summed E-state index contributed by atoms with van der Waals surface area (Å²) >= 11 is 6.17. The number of pyridine rings is 1. The number of hydrogen-bond acceptors (Lipinski definition) is 3. The first-order valence-electron chi connectivity index (χ1n) is 11.7. The molecule has 2 N–H and O–H groups in total. The van der Waals surface area contributed by atoms with Gasteiger partial charge >= 0.3 is 0 Å². The van der Waals surface area contributed by atoms with Gasteiger partial charge in [-0.3, -0.25) is 0 Å². The molecule has 2 saturated carbocycles.